The Balaban J connectivity index is 1.34. The first-order chi connectivity index (χ1) is 16.3. The number of carbonyl (C=O) groups is 2. The number of nitrogens with zero attached hydrogens (tertiary/aromatic N) is 1. The van der Waals surface area contributed by atoms with E-state index in [0.29, 0.717) is 31.7 Å². The molecule has 4 rings (SSSR count). The highest BCUT2D eigenvalue weighted by molar-refractivity contribution is 7.89. The zero-order valence-electron chi connectivity index (χ0n) is 18.7. The summed E-state index contributed by atoms with van der Waals surface area (Å²) in [7, 11) is -3.89. The van der Waals surface area contributed by atoms with Gasteiger partial charge in [-0.15, -0.1) is 0 Å². The molecule has 0 spiro atoms. The van der Waals surface area contributed by atoms with Crippen LogP contribution in [0.25, 0.3) is 0 Å². The van der Waals surface area contributed by atoms with Gasteiger partial charge in [0.05, 0.1) is 17.3 Å². The maximum Gasteiger partial charge on any atom is 0.262 e. The number of hydrogen-bond acceptors (Lipinski definition) is 6. The number of nitrogens with one attached hydrogen (secondary N) is 2. The van der Waals surface area contributed by atoms with E-state index in [1.54, 1.807) is 0 Å². The third-order valence-electron chi connectivity index (χ3n) is 5.81. The fourth-order valence-electron chi connectivity index (χ4n) is 3.98. The van der Waals surface area contributed by atoms with Crippen molar-refractivity contribution in [2.75, 3.05) is 31.6 Å². The van der Waals surface area contributed by atoms with Gasteiger partial charge >= 0.3 is 0 Å². The second kappa shape index (κ2) is 10.2. The van der Waals surface area contributed by atoms with E-state index in [0.717, 1.165) is 11.3 Å². The highest BCUT2D eigenvalue weighted by Crippen LogP contribution is 2.37. The highest BCUT2D eigenvalue weighted by atomic mass is 35.5. The Kier molecular flexibility index (Phi) is 7.30. The molecule has 2 aromatic rings. The summed E-state index contributed by atoms with van der Waals surface area (Å²) >= 11 is 6.23. The van der Waals surface area contributed by atoms with E-state index in [1.807, 2.05) is 31.2 Å². The normalized spacial score (nSPS) is 16.8. The van der Waals surface area contributed by atoms with E-state index < -0.39 is 10.0 Å². The van der Waals surface area contributed by atoms with E-state index in [2.05, 4.69) is 10.6 Å². The summed E-state index contributed by atoms with van der Waals surface area (Å²) in [5.41, 5.74) is 1.29. The largest absolute Gasteiger partial charge is 0.494 e. The number of amides is 2. The molecule has 0 atom stereocenters. The van der Waals surface area contributed by atoms with E-state index in [-0.39, 0.29) is 53.1 Å². The SMILES string of the molecule is CCOc1ccc(CNC(=O)C2CCN(S(=O)(=O)c3cc4c(cc3Cl)NC(=O)CO4)CC2)cc1. The maximum absolute atomic E-state index is 13.2. The van der Waals surface area contributed by atoms with Gasteiger partial charge in [0.1, 0.15) is 16.4 Å². The van der Waals surface area contributed by atoms with E-state index in [1.165, 1.54) is 16.4 Å². The second-order valence-electron chi connectivity index (χ2n) is 8.09. The number of piperidine rings is 1. The number of fused-ring (bicyclic) bond motifs is 1. The molecule has 0 unspecified atom stereocenters. The molecule has 0 aromatic heterocycles. The van der Waals surface area contributed by atoms with Crippen LogP contribution in [0.1, 0.15) is 25.3 Å². The third kappa shape index (κ3) is 5.29. The Labute approximate surface area is 203 Å². The maximum atomic E-state index is 13.2. The van der Waals surface area contributed by atoms with Crippen LogP contribution in [-0.4, -0.2) is 50.8 Å². The molecule has 0 aliphatic carbocycles. The van der Waals surface area contributed by atoms with Crippen LogP contribution in [0, 0.1) is 5.92 Å². The molecule has 1 saturated heterocycles. The van der Waals surface area contributed by atoms with E-state index in [9.17, 15) is 18.0 Å². The number of benzene rings is 2. The lowest BCUT2D eigenvalue weighted by Crippen LogP contribution is -2.43. The van der Waals surface area contributed by atoms with Gasteiger partial charge in [-0.1, -0.05) is 23.7 Å². The summed E-state index contributed by atoms with van der Waals surface area (Å²) in [6.07, 6.45) is 0.812. The summed E-state index contributed by atoms with van der Waals surface area (Å²) in [6, 6.07) is 10.2. The number of rotatable bonds is 7. The summed E-state index contributed by atoms with van der Waals surface area (Å²) < 4.78 is 38.5. The molecule has 11 heteroatoms. The first-order valence-corrected chi connectivity index (χ1v) is 12.9. The lowest BCUT2D eigenvalue weighted by molar-refractivity contribution is -0.126. The minimum Gasteiger partial charge on any atom is -0.494 e. The van der Waals surface area contributed by atoms with Gasteiger partial charge in [0.2, 0.25) is 15.9 Å². The smallest absolute Gasteiger partial charge is 0.262 e. The number of carbonyl (C=O) groups excluding carboxylic acids is 2. The molecule has 0 saturated carbocycles. The number of ether oxygens (including phenoxy) is 2. The predicted octanol–water partition coefficient (Wildman–Crippen LogP) is 2.79. The molecule has 2 aliphatic rings. The van der Waals surface area contributed by atoms with Crippen molar-refractivity contribution in [2.24, 2.45) is 5.92 Å². The second-order valence-corrected chi connectivity index (χ2v) is 10.4. The number of hydrogen-bond donors (Lipinski definition) is 2. The third-order valence-corrected chi connectivity index (χ3v) is 8.17. The van der Waals surface area contributed by atoms with Crippen molar-refractivity contribution >= 4 is 39.1 Å². The molecule has 34 heavy (non-hydrogen) atoms. The molecule has 0 bridgehead atoms. The summed E-state index contributed by atoms with van der Waals surface area (Å²) in [5.74, 6) is 0.336. The average molecular weight is 508 g/mol. The Morgan fingerprint density at radius 2 is 1.94 bits per heavy atom. The summed E-state index contributed by atoms with van der Waals surface area (Å²) in [6.45, 7) is 3.12. The Morgan fingerprint density at radius 3 is 2.62 bits per heavy atom. The molecule has 2 aromatic carbocycles. The lowest BCUT2D eigenvalue weighted by atomic mass is 9.97. The highest BCUT2D eigenvalue weighted by Gasteiger charge is 2.34. The van der Waals surface area contributed by atoms with Crippen LogP contribution in [-0.2, 0) is 26.2 Å². The van der Waals surface area contributed by atoms with Crippen LogP contribution >= 0.6 is 11.6 Å². The van der Waals surface area contributed by atoms with Gasteiger partial charge in [-0.25, -0.2) is 8.42 Å². The average Bonchev–Trinajstić information content (AvgIpc) is 2.83. The fraction of sp³-hybridized carbons (Fsp3) is 0.391. The van der Waals surface area contributed by atoms with Crippen molar-refractivity contribution in [1.82, 2.24) is 9.62 Å². The molecule has 0 radical (unpaired) electrons. The van der Waals surface area contributed by atoms with Gasteiger partial charge < -0.3 is 20.1 Å². The number of halogens is 1. The van der Waals surface area contributed by atoms with Crippen LogP contribution < -0.4 is 20.1 Å². The Morgan fingerprint density at radius 1 is 1.24 bits per heavy atom. The van der Waals surface area contributed by atoms with Gasteiger partial charge in [-0.3, -0.25) is 9.59 Å². The summed E-state index contributed by atoms with van der Waals surface area (Å²) in [5, 5.41) is 5.53. The van der Waals surface area contributed by atoms with Gasteiger partial charge in [0.15, 0.2) is 6.61 Å². The van der Waals surface area contributed by atoms with Crippen LogP contribution in [0.4, 0.5) is 5.69 Å². The first-order valence-electron chi connectivity index (χ1n) is 11.0. The zero-order valence-corrected chi connectivity index (χ0v) is 20.2. The lowest BCUT2D eigenvalue weighted by Gasteiger charge is -2.31. The Bertz CT molecular complexity index is 1180. The molecule has 2 N–H and O–H groups in total. The first kappa shape index (κ1) is 24.3. The summed E-state index contributed by atoms with van der Waals surface area (Å²) in [4.78, 5) is 24.0. The molecular weight excluding hydrogens is 482 g/mol. The minimum atomic E-state index is -3.89. The molecule has 2 aliphatic heterocycles. The molecule has 2 amide bonds. The molecule has 1 fully saturated rings. The van der Waals surface area contributed by atoms with Crippen molar-refractivity contribution < 1.29 is 27.5 Å². The number of sulfonamides is 1. The monoisotopic (exact) mass is 507 g/mol. The van der Waals surface area contributed by atoms with Crippen molar-refractivity contribution in [1.29, 1.82) is 0 Å². The van der Waals surface area contributed by atoms with Gasteiger partial charge in [0.25, 0.3) is 5.91 Å². The zero-order chi connectivity index (χ0) is 24.3. The van der Waals surface area contributed by atoms with Gasteiger partial charge in [0, 0.05) is 31.6 Å². The van der Waals surface area contributed by atoms with Crippen molar-refractivity contribution in [3.63, 3.8) is 0 Å². The van der Waals surface area contributed by atoms with Crippen LogP contribution in [0.3, 0.4) is 0 Å². The van der Waals surface area contributed by atoms with Crippen LogP contribution in [0.15, 0.2) is 41.3 Å². The van der Waals surface area contributed by atoms with Gasteiger partial charge in [-0.05, 0) is 43.5 Å². The van der Waals surface area contributed by atoms with E-state index in [4.69, 9.17) is 21.1 Å². The van der Waals surface area contributed by atoms with Gasteiger partial charge in [-0.2, -0.15) is 4.31 Å². The molecule has 2 heterocycles. The molecule has 182 valence electrons. The number of anilines is 1. The topological polar surface area (TPSA) is 114 Å². The van der Waals surface area contributed by atoms with Crippen molar-refractivity contribution in [3.05, 3.63) is 47.0 Å². The Hall–Kier alpha value is -2.82. The molecule has 9 nitrogen and oxygen atoms in total. The quantitative estimate of drug-likeness (QED) is 0.595. The standard InChI is InChI=1S/C23H26ClN3O6S/c1-2-32-17-5-3-15(4-6-17)13-25-23(29)16-7-9-27(10-8-16)34(30,31)21-12-20-19(11-18(21)24)26-22(28)14-33-20/h3-6,11-12,16H,2,7-10,13-14H2,1H3,(H,25,29)(H,26,28). The predicted molar refractivity (Wildman–Crippen MR) is 127 cm³/mol. The minimum absolute atomic E-state index is 0.000211. The van der Waals surface area contributed by atoms with Crippen molar-refractivity contribution in [2.45, 2.75) is 31.2 Å². The van der Waals surface area contributed by atoms with Crippen LogP contribution in [0.2, 0.25) is 5.02 Å². The fourth-order valence-corrected chi connectivity index (χ4v) is 5.97. The van der Waals surface area contributed by atoms with Crippen molar-refractivity contribution in [3.8, 4) is 11.5 Å². The molecular formula is C23H26ClN3O6S. The van der Waals surface area contributed by atoms with Crippen LogP contribution in [0.5, 0.6) is 11.5 Å². The van der Waals surface area contributed by atoms with E-state index >= 15 is 0 Å².